The molecule has 2 aromatic carbocycles. The molecule has 3 N–H and O–H groups in total. The Labute approximate surface area is 655 Å². The van der Waals surface area contributed by atoms with Crippen molar-refractivity contribution < 1.29 is 95.4 Å². The van der Waals surface area contributed by atoms with Crippen LogP contribution in [-0.2, 0) is 27.4 Å². The highest BCUT2D eigenvalue weighted by molar-refractivity contribution is 7.78. The largest absolute Gasteiger partial charge is 0.429 e. The highest BCUT2D eigenvalue weighted by Gasteiger charge is 2.72. The molecule has 9 nitrogen and oxygen atoms in total. The average Bonchev–Trinajstić information content (AvgIpc) is 1.58. The van der Waals surface area contributed by atoms with Gasteiger partial charge >= 0.3 is 24.7 Å². The SMILES string of the molecule is C1CCOC1.C=C1C(=CCP(=O)(c2ccccc2)c2ccccc2)CC(O[Si](C)(C)C(C)(C)C)CC1O[Si](C)(C)C(C)(C)C.CC12CCCC(=CC=C3CC(O)CC(O)C3)C1CC=C2C1(CC=CC(O)(C(F)(F)F)C(F)(F)F)CC1.CC12CCCC(=O)C1CC=C2C1(CC=CC(O[Si](C)(C)C)(C(F)(F)F)C(F)(F)F)CC1. The molecule has 1 aliphatic heterocycles. The fraction of sp³-hybridized carbons (Fsp3) is 0.663. The van der Waals surface area contributed by atoms with Gasteiger partial charge in [0.15, 0.2) is 25.0 Å². The minimum absolute atomic E-state index is 0.0223. The molecule has 622 valence electrons. The van der Waals surface area contributed by atoms with Gasteiger partial charge in [0.2, 0.25) is 0 Å². The molecule has 0 amide bonds. The number of aliphatic hydroxyl groups is 3. The molecule has 0 aromatic heterocycles. The summed E-state index contributed by atoms with van der Waals surface area (Å²) in [5, 5.41) is 31.3. The number of hydrogen-bond acceptors (Lipinski definition) is 9. The van der Waals surface area contributed by atoms with Crippen molar-refractivity contribution in [3.05, 3.63) is 155 Å². The molecule has 9 aliphatic rings. The summed E-state index contributed by atoms with van der Waals surface area (Å²) in [4.78, 5) is 12.4. The number of rotatable bonds is 19. The molecule has 8 aliphatic carbocycles. The summed E-state index contributed by atoms with van der Waals surface area (Å²) in [5.41, 5.74) is -4.03. The van der Waals surface area contributed by atoms with Crippen LogP contribution in [-0.4, -0.2) is 126 Å². The summed E-state index contributed by atoms with van der Waals surface area (Å²) < 4.78 is 199. The van der Waals surface area contributed by atoms with E-state index < -0.39 is 91.0 Å². The minimum atomic E-state index is -5.86. The van der Waals surface area contributed by atoms with E-state index in [1.807, 2.05) is 79.7 Å². The number of aliphatic hydroxyl groups excluding tert-OH is 2. The van der Waals surface area contributed by atoms with Crippen molar-refractivity contribution in [2.45, 2.75) is 306 Å². The van der Waals surface area contributed by atoms with Gasteiger partial charge in [-0.25, -0.2) is 0 Å². The zero-order valence-corrected chi connectivity index (χ0v) is 71.8. The van der Waals surface area contributed by atoms with E-state index in [1.54, 1.807) is 0 Å². The standard InChI is InChI=1S/C33H51O3PSi2.C27H34F6O3.C22H30F6O2Si.C4H8O/c1-26-27(22-23-37(34,29-18-14-12-15-19-29)30-20-16-13-17-21-30)24-28(35-38(8,9)32(2,3)4)25-31(26)36-39(10,11)33(5,6)7;1-23-9-2-4-18(6-5-17-14-19(34)16-20(35)15-17)21(23)7-8-22(23)24(12-13-24)10-3-11-25(36,26(28,29)30)27(31,32)33;1-18-10-5-7-16(29)15(18)8-9-17(18)19(13-14-19)11-6-12-20(21(23,24)25,22(26,27)28)30-31(2,3)4;1-2-4-5-3-1/h12-22,28,31H,1,23-25H2,2-11H3;3,5-6,8,11,19-21,34-36H,2,4,7,9-10,12-16H2,1H3;6,9,12,15H,5,7-8,10-11,13-14H2,1-4H3;1-4H2. The summed E-state index contributed by atoms with van der Waals surface area (Å²) in [6.07, 6.45) is 3.48. The van der Waals surface area contributed by atoms with Crippen molar-refractivity contribution in [3.63, 3.8) is 0 Å². The lowest BCUT2D eigenvalue weighted by Crippen LogP contribution is -2.61. The van der Waals surface area contributed by atoms with Gasteiger partial charge in [-0.2, -0.15) is 52.7 Å². The number of carbonyl (C=O) groups is 1. The first-order valence-electron chi connectivity index (χ1n) is 39.7. The van der Waals surface area contributed by atoms with Crippen LogP contribution in [0.3, 0.4) is 0 Å². The third-order valence-electron chi connectivity index (χ3n) is 25.8. The smallest absolute Gasteiger partial charge is 0.413 e. The van der Waals surface area contributed by atoms with Crippen molar-refractivity contribution >= 4 is 48.5 Å². The molecule has 11 rings (SSSR count). The van der Waals surface area contributed by atoms with E-state index in [0.717, 1.165) is 115 Å². The maximum absolute atomic E-state index is 14.7. The lowest BCUT2D eigenvalue weighted by molar-refractivity contribution is -0.347. The first-order chi connectivity index (χ1) is 51.0. The van der Waals surface area contributed by atoms with Crippen LogP contribution in [0.2, 0.25) is 55.9 Å². The lowest BCUT2D eigenvalue weighted by atomic mass is 9.61. The first-order valence-corrected chi connectivity index (χ1v) is 50.8. The van der Waals surface area contributed by atoms with Crippen LogP contribution in [0.5, 0.6) is 0 Å². The van der Waals surface area contributed by atoms with E-state index in [0.29, 0.717) is 63.9 Å². The van der Waals surface area contributed by atoms with E-state index >= 15 is 0 Å². The highest BCUT2D eigenvalue weighted by atomic mass is 31.2. The number of allylic oxidation sites excluding steroid dienone is 10. The number of alkyl halides is 12. The van der Waals surface area contributed by atoms with Gasteiger partial charge in [0.1, 0.15) is 12.9 Å². The van der Waals surface area contributed by atoms with Crippen LogP contribution in [0, 0.1) is 33.5 Å². The van der Waals surface area contributed by atoms with Crippen LogP contribution in [0.15, 0.2) is 155 Å². The van der Waals surface area contributed by atoms with Crippen LogP contribution in [0.4, 0.5) is 52.7 Å². The maximum Gasteiger partial charge on any atom is 0.429 e. The second-order valence-electron chi connectivity index (χ2n) is 37.3. The molecule has 8 atom stereocenters. The molecule has 25 heteroatoms. The third kappa shape index (κ3) is 21.2. The van der Waals surface area contributed by atoms with E-state index in [2.05, 4.69) is 99.5 Å². The van der Waals surface area contributed by atoms with Gasteiger partial charge < -0.3 is 37.9 Å². The number of ether oxygens (including phenoxy) is 1. The molecule has 1 saturated heterocycles. The van der Waals surface area contributed by atoms with Crippen LogP contribution < -0.4 is 10.6 Å². The predicted octanol–water partition coefficient (Wildman–Crippen LogP) is 23.5. The Morgan fingerprint density at radius 1 is 0.586 bits per heavy atom. The van der Waals surface area contributed by atoms with Crippen molar-refractivity contribution in [1.29, 1.82) is 0 Å². The molecular weight excluding hydrogens is 1520 g/mol. The molecule has 0 bridgehead atoms. The Morgan fingerprint density at radius 2 is 1.04 bits per heavy atom. The summed E-state index contributed by atoms with van der Waals surface area (Å²) in [7, 11) is -10.1. The van der Waals surface area contributed by atoms with Gasteiger partial charge in [-0.15, -0.1) is 0 Å². The number of ketones is 1. The topological polar surface area (TPSA) is 132 Å². The molecule has 111 heavy (non-hydrogen) atoms. The van der Waals surface area contributed by atoms with Crippen LogP contribution in [0.25, 0.3) is 0 Å². The zero-order chi connectivity index (χ0) is 82.9. The van der Waals surface area contributed by atoms with E-state index in [1.165, 1.54) is 38.1 Å². The number of Topliss-reactive ketones (excluding diaryl/α,β-unsaturated/α-hetero) is 1. The van der Waals surface area contributed by atoms with Gasteiger partial charge in [0.25, 0.3) is 11.2 Å². The molecule has 6 saturated carbocycles. The number of hydrogen-bond donors (Lipinski definition) is 3. The second-order valence-corrected chi connectivity index (χ2v) is 54.1. The summed E-state index contributed by atoms with van der Waals surface area (Å²) in [5.74, 6) is 0.306. The van der Waals surface area contributed by atoms with Crippen molar-refractivity contribution in [1.82, 2.24) is 0 Å². The van der Waals surface area contributed by atoms with Gasteiger partial charge in [-0.1, -0.05) is 187 Å². The zero-order valence-electron chi connectivity index (χ0n) is 67.9. The monoisotopic (exact) mass is 1640 g/mol. The fourth-order valence-corrected chi connectivity index (χ4v) is 23.7. The quantitative estimate of drug-likeness (QED) is 0.0544. The minimum Gasteiger partial charge on any atom is -0.413 e. The lowest BCUT2D eigenvalue weighted by Gasteiger charge is -2.45. The molecular formula is C86H123F12O9PSi3. The predicted molar refractivity (Wildman–Crippen MR) is 426 cm³/mol. The number of halogens is 12. The third-order valence-corrected chi connectivity index (χ3v) is 38.7. The molecule has 1 heterocycles. The van der Waals surface area contributed by atoms with Gasteiger partial charge in [0, 0.05) is 48.7 Å². The van der Waals surface area contributed by atoms with Crippen molar-refractivity contribution in [2.24, 2.45) is 33.5 Å². The number of fused-ring (bicyclic) bond motifs is 2. The molecule has 7 fully saturated rings. The maximum atomic E-state index is 14.7. The van der Waals surface area contributed by atoms with Crippen LogP contribution >= 0.6 is 7.14 Å². The summed E-state index contributed by atoms with van der Waals surface area (Å²) in [6.45, 7) is 37.6. The molecule has 8 unspecified atom stereocenters. The summed E-state index contributed by atoms with van der Waals surface area (Å²) >= 11 is 0. The van der Waals surface area contributed by atoms with Crippen LogP contribution in [0.1, 0.15) is 190 Å². The van der Waals surface area contributed by atoms with Gasteiger partial charge in [-0.05, 0) is 229 Å². The fourth-order valence-electron chi connectivity index (χ4n) is 17.3. The van der Waals surface area contributed by atoms with E-state index in [4.69, 9.17) is 18.0 Å². The highest BCUT2D eigenvalue weighted by Crippen LogP contribution is 2.69. The van der Waals surface area contributed by atoms with Gasteiger partial charge in [-0.3, -0.25) is 4.79 Å². The number of benzene rings is 2. The van der Waals surface area contributed by atoms with E-state index in [-0.39, 0.29) is 75.7 Å². The van der Waals surface area contributed by atoms with Crippen molar-refractivity contribution in [2.75, 3.05) is 19.4 Å². The number of carbonyl (C=O) groups excluding carboxylic acids is 1. The Kier molecular flexibility index (Phi) is 28.6. The molecule has 0 spiro atoms. The molecule has 0 radical (unpaired) electrons. The second kappa shape index (κ2) is 34.4. The van der Waals surface area contributed by atoms with Crippen molar-refractivity contribution in [3.8, 4) is 0 Å². The van der Waals surface area contributed by atoms with Gasteiger partial charge in [0.05, 0.1) is 24.4 Å². The summed E-state index contributed by atoms with van der Waals surface area (Å²) in [6, 6.07) is 19.8. The normalized spacial score (nSPS) is 27.7. The Balaban J connectivity index is 0.000000203. The first kappa shape index (κ1) is 92.3. The Morgan fingerprint density at radius 3 is 1.47 bits per heavy atom. The molecule has 2 aromatic rings. The van der Waals surface area contributed by atoms with E-state index in [9.17, 15) is 77.4 Å². The average molecular weight is 1640 g/mol. The Hall–Kier alpha value is -4.21. The Bertz CT molecular complexity index is 3730.